The average molecular weight is 528 g/mol. The first-order chi connectivity index (χ1) is 18.4. The highest BCUT2D eigenvalue weighted by molar-refractivity contribution is 6.53. The van der Waals surface area contributed by atoms with Crippen LogP contribution in [0.1, 0.15) is 10.4 Å². The number of ether oxygens (including phenoxy) is 2. The number of imide groups is 1. The van der Waals surface area contributed by atoms with Gasteiger partial charge in [0.1, 0.15) is 22.2 Å². The van der Waals surface area contributed by atoms with Gasteiger partial charge in [-0.25, -0.2) is 4.90 Å². The summed E-state index contributed by atoms with van der Waals surface area (Å²) in [6.07, 6.45) is 0. The molecule has 0 spiro atoms. The number of hydrogen-bond acceptors (Lipinski definition) is 6. The van der Waals surface area contributed by atoms with Crippen molar-refractivity contribution in [1.29, 1.82) is 0 Å². The van der Waals surface area contributed by atoms with E-state index in [0.717, 1.165) is 15.7 Å². The Morgan fingerprint density at radius 2 is 1.58 bits per heavy atom. The lowest BCUT2D eigenvalue weighted by Gasteiger charge is -2.19. The fourth-order valence-corrected chi connectivity index (χ4v) is 4.39. The summed E-state index contributed by atoms with van der Waals surface area (Å²) in [6.45, 7) is 0. The van der Waals surface area contributed by atoms with Gasteiger partial charge in [0, 0.05) is 28.4 Å². The second-order valence-electron chi connectivity index (χ2n) is 8.36. The lowest BCUT2D eigenvalue weighted by atomic mass is 10.1. The van der Waals surface area contributed by atoms with E-state index in [2.05, 4.69) is 10.6 Å². The molecule has 1 aliphatic rings. The fraction of sp³-hybridized carbons (Fsp3) is 0.0690. The number of carbonyl (C=O) groups is 3. The van der Waals surface area contributed by atoms with Crippen LogP contribution in [0, 0.1) is 0 Å². The van der Waals surface area contributed by atoms with E-state index in [1.807, 2.05) is 42.5 Å². The van der Waals surface area contributed by atoms with Crippen LogP contribution < -0.4 is 25.0 Å². The van der Waals surface area contributed by atoms with Crippen molar-refractivity contribution in [1.82, 2.24) is 0 Å². The van der Waals surface area contributed by atoms with E-state index in [4.69, 9.17) is 21.1 Å². The molecule has 0 unspecified atom stereocenters. The van der Waals surface area contributed by atoms with Crippen molar-refractivity contribution in [2.45, 2.75) is 0 Å². The van der Waals surface area contributed by atoms with Crippen molar-refractivity contribution in [3.63, 3.8) is 0 Å². The molecule has 0 fully saturated rings. The highest BCUT2D eigenvalue weighted by atomic mass is 35.5. The van der Waals surface area contributed by atoms with E-state index in [0.29, 0.717) is 28.4 Å². The molecule has 0 aromatic heterocycles. The summed E-state index contributed by atoms with van der Waals surface area (Å²) in [5.41, 5.74) is 1.71. The quantitative estimate of drug-likeness (QED) is 0.306. The second-order valence-corrected chi connectivity index (χ2v) is 8.73. The Morgan fingerprint density at radius 1 is 0.842 bits per heavy atom. The lowest BCUT2D eigenvalue weighted by molar-refractivity contribution is -0.120. The van der Waals surface area contributed by atoms with E-state index in [1.54, 1.807) is 36.4 Å². The molecule has 1 aliphatic heterocycles. The topological polar surface area (TPSA) is 97.0 Å². The van der Waals surface area contributed by atoms with Gasteiger partial charge in [0.15, 0.2) is 0 Å². The van der Waals surface area contributed by atoms with Crippen LogP contribution in [0.2, 0.25) is 0 Å². The lowest BCUT2D eigenvalue weighted by Crippen LogP contribution is -2.32. The number of hydrogen-bond donors (Lipinski definition) is 2. The number of amides is 3. The van der Waals surface area contributed by atoms with E-state index in [9.17, 15) is 14.4 Å². The number of nitrogens with zero attached hydrogens (tertiary/aromatic N) is 1. The first kappa shape index (κ1) is 24.9. The third-order valence-electron chi connectivity index (χ3n) is 6.11. The van der Waals surface area contributed by atoms with Gasteiger partial charge in [-0.15, -0.1) is 0 Å². The Balaban J connectivity index is 1.34. The van der Waals surface area contributed by atoms with E-state index < -0.39 is 11.8 Å². The van der Waals surface area contributed by atoms with E-state index in [-0.39, 0.29) is 22.3 Å². The molecule has 9 heteroatoms. The maximum atomic E-state index is 13.2. The van der Waals surface area contributed by atoms with Gasteiger partial charge < -0.3 is 20.1 Å². The molecule has 0 atom stereocenters. The molecule has 0 aliphatic carbocycles. The molecule has 0 radical (unpaired) electrons. The molecular formula is C29H22ClN3O5. The Bertz CT molecular complexity index is 1610. The molecule has 0 saturated carbocycles. The second kappa shape index (κ2) is 10.3. The highest BCUT2D eigenvalue weighted by Gasteiger charge is 2.40. The first-order valence-corrected chi connectivity index (χ1v) is 12.0. The molecule has 0 saturated heterocycles. The third kappa shape index (κ3) is 4.53. The van der Waals surface area contributed by atoms with Crippen LogP contribution in [-0.4, -0.2) is 31.9 Å². The number of rotatable bonds is 7. The van der Waals surface area contributed by atoms with Crippen LogP contribution >= 0.6 is 11.6 Å². The van der Waals surface area contributed by atoms with Crippen LogP contribution in [0.3, 0.4) is 0 Å². The minimum absolute atomic E-state index is 0.0884. The molecule has 38 heavy (non-hydrogen) atoms. The smallest absolute Gasteiger partial charge is 0.283 e. The third-order valence-corrected chi connectivity index (χ3v) is 6.46. The summed E-state index contributed by atoms with van der Waals surface area (Å²) in [5.74, 6) is -0.884. The minimum atomic E-state index is -0.697. The van der Waals surface area contributed by atoms with Gasteiger partial charge in [-0.3, -0.25) is 14.4 Å². The van der Waals surface area contributed by atoms with Crippen LogP contribution in [0.4, 0.5) is 17.1 Å². The number of methoxy groups -OCH3 is 2. The predicted molar refractivity (Wildman–Crippen MR) is 147 cm³/mol. The number of anilines is 3. The summed E-state index contributed by atoms with van der Waals surface area (Å²) in [5, 5.41) is 7.54. The number of halogens is 1. The molecular weight excluding hydrogens is 506 g/mol. The Morgan fingerprint density at radius 3 is 2.32 bits per heavy atom. The van der Waals surface area contributed by atoms with Crippen LogP contribution in [0.25, 0.3) is 10.8 Å². The minimum Gasteiger partial charge on any atom is -0.497 e. The zero-order valence-electron chi connectivity index (χ0n) is 20.4. The first-order valence-electron chi connectivity index (χ1n) is 11.6. The predicted octanol–water partition coefficient (Wildman–Crippen LogP) is 5.55. The molecule has 1 heterocycles. The summed E-state index contributed by atoms with van der Waals surface area (Å²) >= 11 is 6.28. The Kier molecular flexibility index (Phi) is 6.72. The van der Waals surface area contributed by atoms with Gasteiger partial charge in [-0.2, -0.15) is 0 Å². The van der Waals surface area contributed by atoms with E-state index in [1.165, 1.54) is 20.3 Å². The summed E-state index contributed by atoms with van der Waals surface area (Å²) in [6, 6.07) is 24.7. The number of benzene rings is 4. The Labute approximate surface area is 223 Å². The van der Waals surface area contributed by atoms with Crippen molar-refractivity contribution in [2.24, 2.45) is 0 Å². The molecule has 2 N–H and O–H groups in total. The molecule has 3 amide bonds. The summed E-state index contributed by atoms with van der Waals surface area (Å²) in [4.78, 5) is 40.0. The monoisotopic (exact) mass is 527 g/mol. The SMILES string of the molecule is COc1ccc(OC)c(N2C(=O)C(Cl)=C(Nc3ccc(C(=O)Nc4cccc5ccccc45)cc3)C2=O)c1. The molecule has 5 rings (SSSR count). The number of fused-ring (bicyclic) bond motifs is 1. The van der Waals surface area contributed by atoms with Gasteiger partial charge in [0.05, 0.1) is 19.9 Å². The normalized spacial score (nSPS) is 13.2. The average Bonchev–Trinajstić information content (AvgIpc) is 3.15. The van der Waals surface area contributed by atoms with Crippen molar-refractivity contribution in [2.75, 3.05) is 29.8 Å². The molecule has 4 aromatic rings. The van der Waals surface area contributed by atoms with Crippen molar-refractivity contribution >= 4 is 57.2 Å². The molecule has 0 bridgehead atoms. The van der Waals surface area contributed by atoms with Gasteiger partial charge >= 0.3 is 0 Å². The molecule has 4 aromatic carbocycles. The largest absolute Gasteiger partial charge is 0.497 e. The number of carbonyl (C=O) groups excluding carboxylic acids is 3. The van der Waals surface area contributed by atoms with Crippen LogP contribution in [0.15, 0.2) is 95.7 Å². The van der Waals surface area contributed by atoms with Gasteiger partial charge in [-0.05, 0) is 47.9 Å². The van der Waals surface area contributed by atoms with Crippen molar-refractivity contribution in [3.05, 3.63) is 101 Å². The van der Waals surface area contributed by atoms with Gasteiger partial charge in [-0.1, -0.05) is 48.0 Å². The van der Waals surface area contributed by atoms with Gasteiger partial charge in [0.2, 0.25) is 0 Å². The van der Waals surface area contributed by atoms with Crippen LogP contribution in [0.5, 0.6) is 11.5 Å². The Hall–Kier alpha value is -4.82. The maximum absolute atomic E-state index is 13.2. The number of nitrogens with one attached hydrogen (secondary N) is 2. The van der Waals surface area contributed by atoms with Crippen molar-refractivity contribution in [3.8, 4) is 11.5 Å². The molecule has 190 valence electrons. The van der Waals surface area contributed by atoms with Crippen molar-refractivity contribution < 1.29 is 23.9 Å². The molecule has 8 nitrogen and oxygen atoms in total. The zero-order valence-corrected chi connectivity index (χ0v) is 21.2. The fourth-order valence-electron chi connectivity index (χ4n) is 4.18. The van der Waals surface area contributed by atoms with Crippen LogP contribution in [-0.2, 0) is 9.59 Å². The highest BCUT2D eigenvalue weighted by Crippen LogP contribution is 2.38. The summed E-state index contributed by atoms with van der Waals surface area (Å²) < 4.78 is 10.5. The zero-order chi connectivity index (χ0) is 26.8. The maximum Gasteiger partial charge on any atom is 0.283 e. The van der Waals surface area contributed by atoms with Gasteiger partial charge in [0.25, 0.3) is 17.7 Å². The van der Waals surface area contributed by atoms with E-state index >= 15 is 0 Å². The summed E-state index contributed by atoms with van der Waals surface area (Å²) in [7, 11) is 2.91. The standard InChI is InChI=1S/C29H22ClN3O5/c1-37-20-14-15-24(38-2)23(16-20)33-28(35)25(30)26(29(33)36)31-19-12-10-18(11-13-19)27(34)32-22-9-5-7-17-6-3-4-8-21(17)22/h3-16,31H,1-2H3,(H,32,34).